The van der Waals surface area contributed by atoms with Crippen LogP contribution in [0, 0.1) is 24.4 Å². The fourth-order valence-electron chi connectivity index (χ4n) is 3.19. The highest BCUT2D eigenvalue weighted by atomic mass is 19.4. The molecule has 170 valence electrons. The van der Waals surface area contributed by atoms with Gasteiger partial charge >= 0.3 is 12.1 Å². The first kappa shape index (κ1) is 23.2. The maximum Gasteiger partial charge on any atom is 0.418 e. The number of rotatable bonds is 7. The molecule has 3 rings (SSSR count). The highest BCUT2D eigenvalue weighted by molar-refractivity contribution is 5.67. The molecule has 0 unspecified atom stereocenters. The van der Waals surface area contributed by atoms with Crippen LogP contribution in [0.2, 0.25) is 0 Å². The maximum absolute atomic E-state index is 14.4. The van der Waals surface area contributed by atoms with Gasteiger partial charge in [0.25, 0.3) is 0 Å². The van der Waals surface area contributed by atoms with Crippen molar-refractivity contribution in [1.82, 2.24) is 4.57 Å². The summed E-state index contributed by atoms with van der Waals surface area (Å²) in [4.78, 5) is 10.6. The number of carboxylic acid groups (broad SMARTS) is 1. The summed E-state index contributed by atoms with van der Waals surface area (Å²) in [6.07, 6.45) is -4.32. The Morgan fingerprint density at radius 2 is 1.69 bits per heavy atom. The molecule has 0 saturated heterocycles. The van der Waals surface area contributed by atoms with Crippen molar-refractivity contribution >= 4 is 5.97 Å². The van der Waals surface area contributed by atoms with Gasteiger partial charge in [-0.2, -0.15) is 13.2 Å². The van der Waals surface area contributed by atoms with E-state index in [0.29, 0.717) is 5.56 Å². The van der Waals surface area contributed by atoms with Crippen molar-refractivity contribution in [3.05, 3.63) is 82.4 Å². The maximum atomic E-state index is 14.4. The van der Waals surface area contributed by atoms with Crippen molar-refractivity contribution in [3.8, 4) is 11.4 Å². The van der Waals surface area contributed by atoms with Crippen molar-refractivity contribution in [3.63, 3.8) is 0 Å². The molecule has 0 atom stereocenters. The number of benzene rings is 2. The molecule has 0 radical (unpaired) electrons. The monoisotopic (exact) mass is 457 g/mol. The zero-order valence-electron chi connectivity index (χ0n) is 16.6. The van der Waals surface area contributed by atoms with Crippen LogP contribution in [-0.2, 0) is 24.0 Å². The van der Waals surface area contributed by atoms with E-state index in [1.807, 2.05) is 0 Å². The first-order valence-electron chi connectivity index (χ1n) is 9.34. The third kappa shape index (κ3) is 5.06. The summed E-state index contributed by atoms with van der Waals surface area (Å²) in [7, 11) is 0. The van der Waals surface area contributed by atoms with E-state index in [0.717, 1.165) is 35.0 Å². The number of hydrogen-bond acceptors (Lipinski definition) is 2. The molecule has 0 amide bonds. The predicted molar refractivity (Wildman–Crippen MR) is 102 cm³/mol. The number of carboxylic acids is 1. The van der Waals surface area contributed by atoms with E-state index in [1.54, 1.807) is 6.92 Å². The van der Waals surface area contributed by atoms with Gasteiger partial charge in [-0.15, -0.1) is 0 Å². The number of ether oxygens (including phenoxy) is 1. The van der Waals surface area contributed by atoms with E-state index in [4.69, 9.17) is 9.84 Å². The zero-order chi connectivity index (χ0) is 23.6. The Bertz CT molecular complexity index is 1130. The minimum Gasteiger partial charge on any atom is -0.481 e. The smallest absolute Gasteiger partial charge is 0.418 e. The van der Waals surface area contributed by atoms with Crippen LogP contribution in [-0.4, -0.2) is 15.6 Å². The lowest BCUT2D eigenvalue weighted by Gasteiger charge is -2.16. The van der Waals surface area contributed by atoms with Crippen LogP contribution in [0.4, 0.5) is 26.3 Å². The molecule has 32 heavy (non-hydrogen) atoms. The molecule has 4 nitrogen and oxygen atoms in total. The van der Waals surface area contributed by atoms with Crippen LogP contribution < -0.4 is 4.74 Å². The lowest BCUT2D eigenvalue weighted by Crippen LogP contribution is -2.14. The minimum absolute atomic E-state index is 0.0517. The molecule has 3 aromatic rings. The summed E-state index contributed by atoms with van der Waals surface area (Å²) < 4.78 is 89.4. The molecule has 0 aliphatic carbocycles. The van der Waals surface area contributed by atoms with Gasteiger partial charge in [0.05, 0.1) is 16.9 Å². The standard InChI is InChI=1S/C22H17F6NO3/c1-12-2-4-18(15(23)8-12)29-7-6-14(22(26,27)28)19(29)11-32-21-16(24)9-13(10-17(21)25)3-5-20(30)31/h2,4,6-10H,3,5,11H2,1H3,(H,30,31). The number of aliphatic carboxylic acids is 1. The lowest BCUT2D eigenvalue weighted by molar-refractivity contribution is -0.139. The van der Waals surface area contributed by atoms with Crippen LogP contribution >= 0.6 is 0 Å². The highest BCUT2D eigenvalue weighted by Gasteiger charge is 2.36. The third-order valence-corrected chi connectivity index (χ3v) is 4.70. The largest absolute Gasteiger partial charge is 0.481 e. The van der Waals surface area contributed by atoms with E-state index in [-0.39, 0.29) is 24.1 Å². The van der Waals surface area contributed by atoms with Crippen molar-refractivity contribution in [2.75, 3.05) is 0 Å². The Morgan fingerprint density at radius 1 is 1.03 bits per heavy atom. The van der Waals surface area contributed by atoms with E-state index in [2.05, 4.69) is 0 Å². The number of aromatic nitrogens is 1. The molecular formula is C22H17F6NO3. The van der Waals surface area contributed by atoms with Gasteiger partial charge in [-0.3, -0.25) is 4.79 Å². The second kappa shape index (κ2) is 8.97. The van der Waals surface area contributed by atoms with Gasteiger partial charge in [-0.1, -0.05) is 6.07 Å². The van der Waals surface area contributed by atoms with E-state index >= 15 is 0 Å². The van der Waals surface area contributed by atoms with Gasteiger partial charge in [-0.25, -0.2) is 13.2 Å². The number of alkyl halides is 3. The molecule has 0 spiro atoms. The Hall–Kier alpha value is -3.43. The predicted octanol–water partition coefficient (Wildman–Crippen LogP) is 5.82. The molecule has 0 aliphatic heterocycles. The lowest BCUT2D eigenvalue weighted by atomic mass is 10.1. The van der Waals surface area contributed by atoms with Gasteiger partial charge in [0.1, 0.15) is 12.4 Å². The van der Waals surface area contributed by atoms with E-state index < -0.39 is 53.2 Å². The molecule has 0 saturated carbocycles. The Kier molecular flexibility index (Phi) is 6.52. The molecule has 1 aromatic heterocycles. The number of nitrogens with zero attached hydrogens (tertiary/aromatic N) is 1. The molecular weight excluding hydrogens is 440 g/mol. The van der Waals surface area contributed by atoms with Crippen LogP contribution in [0.3, 0.4) is 0 Å². The van der Waals surface area contributed by atoms with Gasteiger partial charge in [-0.05, 0) is 54.8 Å². The first-order chi connectivity index (χ1) is 15.0. The van der Waals surface area contributed by atoms with Crippen molar-refractivity contribution in [2.45, 2.75) is 32.5 Å². The highest BCUT2D eigenvalue weighted by Crippen LogP contribution is 2.35. The second-order valence-electron chi connectivity index (χ2n) is 7.07. The van der Waals surface area contributed by atoms with Gasteiger partial charge < -0.3 is 14.4 Å². The summed E-state index contributed by atoms with van der Waals surface area (Å²) in [5, 5.41) is 8.67. The summed E-state index contributed by atoms with van der Waals surface area (Å²) in [6.45, 7) is 0.705. The van der Waals surface area contributed by atoms with Gasteiger partial charge in [0, 0.05) is 12.6 Å². The average Bonchev–Trinajstić information content (AvgIpc) is 3.10. The molecule has 10 heteroatoms. The molecule has 0 bridgehead atoms. The summed E-state index contributed by atoms with van der Waals surface area (Å²) >= 11 is 0. The molecule has 0 aliphatic rings. The molecule has 0 fully saturated rings. The number of hydrogen-bond donors (Lipinski definition) is 1. The van der Waals surface area contributed by atoms with Crippen molar-refractivity contribution < 1.29 is 41.0 Å². The summed E-state index contributed by atoms with van der Waals surface area (Å²) in [6, 6.07) is 6.36. The van der Waals surface area contributed by atoms with Crippen LogP contribution in [0.15, 0.2) is 42.6 Å². The van der Waals surface area contributed by atoms with Crippen molar-refractivity contribution in [2.24, 2.45) is 0 Å². The Morgan fingerprint density at radius 3 is 2.25 bits per heavy atom. The topological polar surface area (TPSA) is 51.5 Å². The quantitative estimate of drug-likeness (QED) is 0.455. The number of aryl methyl sites for hydroxylation is 2. The van der Waals surface area contributed by atoms with Crippen LogP contribution in [0.25, 0.3) is 5.69 Å². The normalized spacial score (nSPS) is 11.6. The zero-order valence-corrected chi connectivity index (χ0v) is 16.6. The fraction of sp³-hybridized carbons (Fsp3) is 0.227. The molecule has 1 N–H and O–H groups in total. The Labute approximate surface area is 178 Å². The Balaban J connectivity index is 1.95. The first-order valence-corrected chi connectivity index (χ1v) is 9.34. The van der Waals surface area contributed by atoms with Gasteiger partial charge in [0.2, 0.25) is 0 Å². The molecule has 2 aromatic carbocycles. The summed E-state index contributed by atoms with van der Waals surface area (Å²) in [5.41, 5.74) is -1.27. The molecule has 1 heterocycles. The SMILES string of the molecule is Cc1ccc(-n2ccc(C(F)(F)F)c2COc2c(F)cc(CCC(=O)O)cc2F)c(F)c1. The third-order valence-electron chi connectivity index (χ3n) is 4.70. The average molecular weight is 457 g/mol. The van der Waals surface area contributed by atoms with Crippen molar-refractivity contribution in [1.29, 1.82) is 0 Å². The van der Waals surface area contributed by atoms with Crippen LogP contribution in [0.5, 0.6) is 5.75 Å². The second-order valence-corrected chi connectivity index (χ2v) is 7.07. The van der Waals surface area contributed by atoms with E-state index in [1.165, 1.54) is 12.1 Å². The fourth-order valence-corrected chi connectivity index (χ4v) is 3.19. The van der Waals surface area contributed by atoms with Gasteiger partial charge in [0.15, 0.2) is 17.4 Å². The van der Waals surface area contributed by atoms with E-state index in [9.17, 15) is 31.1 Å². The summed E-state index contributed by atoms with van der Waals surface area (Å²) in [5.74, 6) is -5.25. The van der Waals surface area contributed by atoms with Crippen LogP contribution in [0.1, 0.15) is 28.8 Å². The minimum atomic E-state index is -4.82. The number of carbonyl (C=O) groups is 1. The number of halogens is 6.